The van der Waals surface area contributed by atoms with Crippen LogP contribution in [0.1, 0.15) is 22.5 Å². The molecule has 0 saturated carbocycles. The van der Waals surface area contributed by atoms with Crippen molar-refractivity contribution in [2.24, 2.45) is 4.99 Å². The van der Waals surface area contributed by atoms with Crippen LogP contribution in [-0.4, -0.2) is 37.0 Å². The van der Waals surface area contributed by atoms with E-state index in [9.17, 15) is 4.79 Å². The minimum Gasteiger partial charge on any atom is -0.355 e. The minimum atomic E-state index is -0.101. The highest BCUT2D eigenvalue weighted by Gasteiger charge is 2.13. The van der Waals surface area contributed by atoms with Crippen LogP contribution in [0.25, 0.3) is 0 Å². The zero-order valence-electron chi connectivity index (χ0n) is 10.2. The molecule has 100 valence electrons. The summed E-state index contributed by atoms with van der Waals surface area (Å²) in [6, 6.07) is 3.66. The normalized spacial score (nSPS) is 14.6. The zero-order valence-corrected chi connectivity index (χ0v) is 13.3. The molecule has 0 unspecified atom stereocenters. The topological polar surface area (TPSA) is 56.7 Å². The average Bonchev–Trinajstić information content (AvgIpc) is 2.71. The summed E-state index contributed by atoms with van der Waals surface area (Å²) in [7, 11) is 1.79. The molecule has 7 heteroatoms. The first-order chi connectivity index (χ1) is 8.27. The van der Waals surface area contributed by atoms with Crippen molar-refractivity contribution in [3.05, 3.63) is 22.4 Å². The summed E-state index contributed by atoms with van der Waals surface area (Å²) in [5.74, 6) is 0.628. The lowest BCUT2D eigenvalue weighted by Gasteiger charge is -2.21. The van der Waals surface area contributed by atoms with E-state index in [4.69, 9.17) is 0 Å². The van der Waals surface area contributed by atoms with Gasteiger partial charge in [-0.2, -0.15) is 0 Å². The number of carbonyl (C=O) groups is 1. The maximum Gasteiger partial charge on any atom is 0.279 e. The molecular weight excluding hydrogens is 363 g/mol. The molecule has 0 atom stereocenters. The molecule has 0 fully saturated rings. The largest absolute Gasteiger partial charge is 0.355 e. The van der Waals surface area contributed by atoms with E-state index in [1.807, 2.05) is 11.4 Å². The van der Waals surface area contributed by atoms with Gasteiger partial charge in [0.15, 0.2) is 0 Å². The van der Waals surface area contributed by atoms with Crippen LogP contribution in [-0.2, 0) is 0 Å². The van der Waals surface area contributed by atoms with E-state index in [1.54, 1.807) is 18.1 Å². The monoisotopic (exact) mass is 380 g/mol. The van der Waals surface area contributed by atoms with Crippen LogP contribution in [0, 0.1) is 0 Å². The number of carbonyl (C=O) groups excluding carboxylic acids is 1. The second-order valence-corrected chi connectivity index (χ2v) is 4.76. The van der Waals surface area contributed by atoms with Crippen LogP contribution >= 0.6 is 35.3 Å². The Labute approximate surface area is 128 Å². The first-order valence-corrected chi connectivity index (χ1v) is 6.52. The fraction of sp³-hybridized carbons (Fsp3) is 0.455. The third-order valence-corrected chi connectivity index (χ3v) is 3.33. The molecule has 1 aromatic heterocycles. The van der Waals surface area contributed by atoms with Crippen molar-refractivity contribution in [1.82, 2.24) is 15.8 Å². The SMILES string of the molecule is CN(NC(=O)c1cccs1)C1=NCCCCN1.I. The van der Waals surface area contributed by atoms with Gasteiger partial charge in [0.25, 0.3) is 5.91 Å². The Bertz CT molecular complexity index is 407. The number of guanidine groups is 1. The van der Waals surface area contributed by atoms with E-state index in [0.717, 1.165) is 31.9 Å². The van der Waals surface area contributed by atoms with Gasteiger partial charge < -0.3 is 5.32 Å². The van der Waals surface area contributed by atoms with Gasteiger partial charge in [0.1, 0.15) is 0 Å². The first-order valence-electron chi connectivity index (χ1n) is 5.64. The predicted molar refractivity (Wildman–Crippen MR) is 84.5 cm³/mol. The van der Waals surface area contributed by atoms with Crippen LogP contribution in [0.5, 0.6) is 0 Å². The molecule has 18 heavy (non-hydrogen) atoms. The number of halogens is 1. The van der Waals surface area contributed by atoms with Crippen molar-refractivity contribution in [2.75, 3.05) is 20.1 Å². The molecule has 2 heterocycles. The molecule has 2 N–H and O–H groups in total. The summed E-state index contributed by atoms with van der Waals surface area (Å²) in [5.41, 5.74) is 2.79. The lowest BCUT2D eigenvalue weighted by Crippen LogP contribution is -2.49. The van der Waals surface area contributed by atoms with E-state index < -0.39 is 0 Å². The van der Waals surface area contributed by atoms with E-state index in [1.165, 1.54) is 11.3 Å². The number of rotatable bonds is 1. The third-order valence-electron chi connectivity index (χ3n) is 2.46. The molecule has 0 spiro atoms. The quantitative estimate of drug-likeness (QED) is 0.576. The number of hydrogen-bond acceptors (Lipinski definition) is 5. The van der Waals surface area contributed by atoms with Gasteiger partial charge in [-0.1, -0.05) is 6.07 Å². The van der Waals surface area contributed by atoms with Gasteiger partial charge in [-0.15, -0.1) is 35.3 Å². The van der Waals surface area contributed by atoms with E-state index in [-0.39, 0.29) is 29.9 Å². The number of thiophene rings is 1. The van der Waals surface area contributed by atoms with Gasteiger partial charge in [0, 0.05) is 20.1 Å². The van der Waals surface area contributed by atoms with Crippen molar-refractivity contribution in [2.45, 2.75) is 12.8 Å². The van der Waals surface area contributed by atoms with Gasteiger partial charge >= 0.3 is 0 Å². The van der Waals surface area contributed by atoms with Crippen molar-refractivity contribution >= 4 is 47.2 Å². The fourth-order valence-corrected chi connectivity index (χ4v) is 2.18. The highest BCUT2D eigenvalue weighted by Crippen LogP contribution is 2.07. The van der Waals surface area contributed by atoms with E-state index >= 15 is 0 Å². The predicted octanol–water partition coefficient (Wildman–Crippen LogP) is 1.68. The van der Waals surface area contributed by atoms with Crippen LogP contribution in [0.4, 0.5) is 0 Å². The maximum atomic E-state index is 11.8. The highest BCUT2D eigenvalue weighted by atomic mass is 127. The number of hydrogen-bond donors (Lipinski definition) is 2. The smallest absolute Gasteiger partial charge is 0.279 e. The van der Waals surface area contributed by atoms with Crippen LogP contribution in [0.3, 0.4) is 0 Å². The lowest BCUT2D eigenvalue weighted by molar-refractivity contribution is 0.0889. The Morgan fingerprint density at radius 3 is 3.11 bits per heavy atom. The summed E-state index contributed by atoms with van der Waals surface area (Å²) in [6.45, 7) is 1.71. The van der Waals surface area contributed by atoms with Crippen molar-refractivity contribution < 1.29 is 4.79 Å². The van der Waals surface area contributed by atoms with Crippen LogP contribution in [0.2, 0.25) is 0 Å². The Kier molecular flexibility index (Phi) is 6.41. The molecule has 1 aliphatic rings. The maximum absolute atomic E-state index is 11.8. The molecule has 0 radical (unpaired) electrons. The van der Waals surface area contributed by atoms with Crippen molar-refractivity contribution in [3.8, 4) is 0 Å². The first kappa shape index (κ1) is 15.2. The molecule has 5 nitrogen and oxygen atoms in total. The molecule has 0 bridgehead atoms. The molecular formula is C11H17IN4OS. The third kappa shape index (κ3) is 4.13. The van der Waals surface area contributed by atoms with Crippen molar-refractivity contribution in [1.29, 1.82) is 0 Å². The Balaban J connectivity index is 0.00000162. The van der Waals surface area contributed by atoms with E-state index in [0.29, 0.717) is 4.88 Å². The van der Waals surface area contributed by atoms with Gasteiger partial charge in [0.05, 0.1) is 4.88 Å². The highest BCUT2D eigenvalue weighted by molar-refractivity contribution is 14.0. The van der Waals surface area contributed by atoms with Crippen LogP contribution in [0.15, 0.2) is 22.5 Å². The lowest BCUT2D eigenvalue weighted by atomic mass is 10.3. The average molecular weight is 380 g/mol. The molecule has 0 aliphatic carbocycles. The fourth-order valence-electron chi connectivity index (χ4n) is 1.57. The second-order valence-electron chi connectivity index (χ2n) is 3.82. The number of aliphatic imine (C=N–C) groups is 1. The summed E-state index contributed by atoms with van der Waals surface area (Å²) in [4.78, 5) is 16.9. The van der Waals surface area contributed by atoms with Crippen molar-refractivity contribution in [3.63, 3.8) is 0 Å². The van der Waals surface area contributed by atoms with Gasteiger partial charge in [-0.25, -0.2) is 0 Å². The van der Waals surface area contributed by atoms with Gasteiger partial charge in [-0.3, -0.25) is 20.2 Å². The van der Waals surface area contributed by atoms with Gasteiger partial charge in [0.2, 0.25) is 5.96 Å². The zero-order chi connectivity index (χ0) is 12.1. The molecule has 1 aromatic rings. The number of nitrogens with one attached hydrogen (secondary N) is 2. The summed E-state index contributed by atoms with van der Waals surface area (Å²) >= 11 is 1.42. The Morgan fingerprint density at radius 2 is 2.39 bits per heavy atom. The number of hydrazine groups is 1. The standard InChI is InChI=1S/C11H16N4OS.HI/c1-15(11-12-6-2-3-7-13-11)14-10(16)9-5-4-8-17-9;/h4-5,8H,2-3,6-7H2,1H3,(H,12,13)(H,14,16);1H. The molecule has 1 amide bonds. The molecule has 0 saturated heterocycles. The summed E-state index contributed by atoms with van der Waals surface area (Å²) in [6.07, 6.45) is 2.20. The number of nitrogens with zero attached hydrogens (tertiary/aromatic N) is 2. The van der Waals surface area contributed by atoms with Crippen LogP contribution < -0.4 is 10.7 Å². The minimum absolute atomic E-state index is 0. The summed E-state index contributed by atoms with van der Waals surface area (Å²) in [5, 5.41) is 6.73. The molecule has 1 aliphatic heterocycles. The Morgan fingerprint density at radius 1 is 1.56 bits per heavy atom. The van der Waals surface area contributed by atoms with E-state index in [2.05, 4.69) is 15.7 Å². The summed E-state index contributed by atoms with van der Waals surface area (Å²) < 4.78 is 0. The molecule has 2 rings (SSSR count). The second kappa shape index (κ2) is 7.57. The van der Waals surface area contributed by atoms with Gasteiger partial charge in [-0.05, 0) is 24.3 Å². The number of amides is 1. The Hall–Kier alpha value is -0.830. The molecule has 0 aromatic carbocycles.